The first kappa shape index (κ1) is 25.0. The van der Waals surface area contributed by atoms with E-state index < -0.39 is 0 Å². The van der Waals surface area contributed by atoms with Crippen LogP contribution in [-0.4, -0.2) is 44.1 Å². The second kappa shape index (κ2) is 11.2. The van der Waals surface area contributed by atoms with Crippen molar-refractivity contribution in [2.45, 2.75) is 13.0 Å². The Morgan fingerprint density at radius 2 is 1.69 bits per heavy atom. The molecule has 2 atom stereocenters. The average molecular weight is 444 g/mol. The summed E-state index contributed by atoms with van der Waals surface area (Å²) in [5, 5.41) is 0. The molecule has 2 aromatic rings. The van der Waals surface area contributed by atoms with Gasteiger partial charge in [-0.05, 0) is 17.7 Å². The minimum Gasteiger partial charge on any atom is -0.494 e. The summed E-state index contributed by atoms with van der Waals surface area (Å²) in [4.78, 5) is 16.9. The highest BCUT2D eigenvalue weighted by molar-refractivity contribution is 5.85. The van der Waals surface area contributed by atoms with Crippen LogP contribution < -0.4 is 15.4 Å². The maximum atomic E-state index is 13.4. The van der Waals surface area contributed by atoms with Gasteiger partial charge < -0.3 is 20.3 Å². The van der Waals surface area contributed by atoms with Gasteiger partial charge in [0.1, 0.15) is 11.6 Å². The molecule has 5 nitrogen and oxygen atoms in total. The number of carbonyl (C=O) groups excluding carboxylic acids is 1. The number of nitrogens with two attached hydrogens (primary N) is 1. The Bertz CT molecular complexity index is 787. The Morgan fingerprint density at radius 3 is 2.28 bits per heavy atom. The lowest BCUT2D eigenvalue weighted by molar-refractivity contribution is -0.136. The summed E-state index contributed by atoms with van der Waals surface area (Å²) in [7, 11) is 1.53. The van der Waals surface area contributed by atoms with Crippen LogP contribution in [0.2, 0.25) is 0 Å². The predicted octanol–water partition coefficient (Wildman–Crippen LogP) is 3.66. The van der Waals surface area contributed by atoms with Gasteiger partial charge in [0.05, 0.1) is 18.7 Å². The number of hydrogen-bond donors (Lipinski definition) is 1. The number of halogens is 3. The van der Waals surface area contributed by atoms with E-state index in [1.54, 1.807) is 6.07 Å². The first-order valence-corrected chi connectivity index (χ1v) is 9.19. The minimum absolute atomic E-state index is 0. The number of nitrogens with zero attached hydrogens (tertiary/aromatic N) is 2. The highest BCUT2D eigenvalue weighted by Gasteiger charge is 2.29. The molecule has 3 rings (SSSR count). The van der Waals surface area contributed by atoms with Crippen molar-refractivity contribution < 1.29 is 13.9 Å². The van der Waals surface area contributed by atoms with Gasteiger partial charge in [0.2, 0.25) is 5.91 Å². The number of ether oxygens (including phenoxy) is 1. The van der Waals surface area contributed by atoms with Crippen molar-refractivity contribution in [2.24, 2.45) is 11.7 Å². The molecular formula is C21H28Cl2FN3O2. The van der Waals surface area contributed by atoms with Gasteiger partial charge in [-0.15, -0.1) is 24.8 Å². The lowest BCUT2D eigenvalue weighted by Gasteiger charge is -2.38. The Morgan fingerprint density at radius 1 is 1.07 bits per heavy atom. The monoisotopic (exact) mass is 443 g/mol. The topological polar surface area (TPSA) is 58.8 Å². The van der Waals surface area contributed by atoms with Crippen molar-refractivity contribution in [3.05, 3.63) is 59.9 Å². The fraction of sp³-hybridized carbons (Fsp3) is 0.381. The van der Waals surface area contributed by atoms with Crippen LogP contribution in [-0.2, 0) is 4.79 Å². The summed E-state index contributed by atoms with van der Waals surface area (Å²) in [5.41, 5.74) is 8.12. The molecule has 0 bridgehead atoms. The first-order valence-electron chi connectivity index (χ1n) is 9.19. The molecule has 0 aromatic heterocycles. The zero-order valence-electron chi connectivity index (χ0n) is 16.6. The Kier molecular flexibility index (Phi) is 9.70. The quantitative estimate of drug-likeness (QED) is 0.765. The summed E-state index contributed by atoms with van der Waals surface area (Å²) in [6.45, 7) is 4.42. The van der Waals surface area contributed by atoms with Crippen LogP contribution in [0.1, 0.15) is 18.5 Å². The molecule has 0 aliphatic carbocycles. The van der Waals surface area contributed by atoms with Gasteiger partial charge in [0, 0.05) is 38.3 Å². The third-order valence-corrected chi connectivity index (χ3v) is 5.19. The van der Waals surface area contributed by atoms with E-state index >= 15 is 0 Å². The van der Waals surface area contributed by atoms with Crippen LogP contribution in [0.3, 0.4) is 0 Å². The third kappa shape index (κ3) is 5.75. The SMILES string of the molecule is COc1cc(F)ccc1N1CCN(C(=O)C(C)C(N)c2ccccc2)CC1.Cl.Cl. The Labute approximate surface area is 183 Å². The van der Waals surface area contributed by atoms with E-state index in [0.717, 1.165) is 11.3 Å². The van der Waals surface area contributed by atoms with Crippen molar-refractivity contribution in [1.29, 1.82) is 0 Å². The number of methoxy groups -OCH3 is 1. The van der Waals surface area contributed by atoms with Gasteiger partial charge in [-0.3, -0.25) is 4.79 Å². The number of amides is 1. The van der Waals surface area contributed by atoms with Crippen LogP contribution in [0.4, 0.5) is 10.1 Å². The molecule has 2 unspecified atom stereocenters. The molecule has 2 N–H and O–H groups in total. The van der Waals surface area contributed by atoms with E-state index in [4.69, 9.17) is 10.5 Å². The summed E-state index contributed by atoms with van der Waals surface area (Å²) >= 11 is 0. The maximum absolute atomic E-state index is 13.4. The zero-order chi connectivity index (χ0) is 19.4. The van der Waals surface area contributed by atoms with Gasteiger partial charge in [0.25, 0.3) is 0 Å². The van der Waals surface area contributed by atoms with Crippen LogP contribution in [0.5, 0.6) is 5.75 Å². The van der Waals surface area contributed by atoms with Crippen molar-refractivity contribution in [3.63, 3.8) is 0 Å². The molecule has 0 saturated carbocycles. The smallest absolute Gasteiger partial charge is 0.227 e. The highest BCUT2D eigenvalue weighted by Crippen LogP contribution is 2.30. The molecule has 8 heteroatoms. The molecule has 0 radical (unpaired) electrons. The fourth-order valence-corrected chi connectivity index (χ4v) is 3.49. The molecule has 160 valence electrons. The van der Waals surface area contributed by atoms with Crippen molar-refractivity contribution in [3.8, 4) is 5.75 Å². The number of benzene rings is 2. The molecule has 2 aromatic carbocycles. The first-order chi connectivity index (χ1) is 13.0. The van der Waals surface area contributed by atoms with E-state index in [2.05, 4.69) is 4.90 Å². The molecule has 1 fully saturated rings. The van der Waals surface area contributed by atoms with E-state index in [1.807, 2.05) is 42.2 Å². The van der Waals surface area contributed by atoms with Crippen LogP contribution >= 0.6 is 24.8 Å². The number of hydrogen-bond acceptors (Lipinski definition) is 4. The second-order valence-electron chi connectivity index (χ2n) is 6.85. The minimum atomic E-state index is -0.326. The van der Waals surface area contributed by atoms with E-state index in [0.29, 0.717) is 31.9 Å². The third-order valence-electron chi connectivity index (χ3n) is 5.19. The van der Waals surface area contributed by atoms with E-state index in [-0.39, 0.29) is 48.5 Å². The highest BCUT2D eigenvalue weighted by atomic mass is 35.5. The molecule has 1 aliphatic rings. The molecular weight excluding hydrogens is 416 g/mol. The normalized spacial score (nSPS) is 15.6. The standard InChI is InChI=1S/C21H26FN3O2.2ClH/c1-15(20(23)16-6-4-3-5-7-16)21(26)25-12-10-24(11-13-25)18-9-8-17(22)14-19(18)27-2;;/h3-9,14-15,20H,10-13,23H2,1-2H3;2*1H. The second-order valence-corrected chi connectivity index (χ2v) is 6.85. The van der Waals surface area contributed by atoms with Crippen LogP contribution in [0, 0.1) is 11.7 Å². The van der Waals surface area contributed by atoms with Gasteiger partial charge >= 0.3 is 0 Å². The average Bonchev–Trinajstić information content (AvgIpc) is 2.72. The van der Waals surface area contributed by atoms with Crippen LogP contribution in [0.25, 0.3) is 0 Å². The molecule has 1 saturated heterocycles. The summed E-state index contributed by atoms with van der Waals surface area (Å²) in [6, 6.07) is 13.9. The van der Waals surface area contributed by atoms with Gasteiger partial charge in [-0.1, -0.05) is 37.3 Å². The molecule has 1 aliphatic heterocycles. The summed E-state index contributed by atoms with van der Waals surface area (Å²) < 4.78 is 18.7. The number of rotatable bonds is 5. The lowest BCUT2D eigenvalue weighted by atomic mass is 9.94. The largest absolute Gasteiger partial charge is 0.494 e. The molecule has 1 amide bonds. The van der Waals surface area contributed by atoms with Crippen molar-refractivity contribution >= 4 is 36.4 Å². The number of carbonyl (C=O) groups is 1. The lowest BCUT2D eigenvalue weighted by Crippen LogP contribution is -2.51. The zero-order valence-corrected chi connectivity index (χ0v) is 18.2. The van der Waals surface area contributed by atoms with Gasteiger partial charge in [0.15, 0.2) is 0 Å². The molecule has 1 heterocycles. The van der Waals surface area contributed by atoms with Gasteiger partial charge in [-0.25, -0.2) is 4.39 Å². The summed E-state index contributed by atoms with van der Waals surface area (Å²) in [6.07, 6.45) is 0. The fourth-order valence-electron chi connectivity index (χ4n) is 3.49. The number of piperazine rings is 1. The van der Waals surface area contributed by atoms with Crippen molar-refractivity contribution in [2.75, 3.05) is 38.2 Å². The van der Waals surface area contributed by atoms with Gasteiger partial charge in [-0.2, -0.15) is 0 Å². The van der Waals surface area contributed by atoms with Crippen molar-refractivity contribution in [1.82, 2.24) is 4.90 Å². The van der Waals surface area contributed by atoms with E-state index in [9.17, 15) is 9.18 Å². The molecule has 0 spiro atoms. The van der Waals surface area contributed by atoms with E-state index in [1.165, 1.54) is 19.2 Å². The maximum Gasteiger partial charge on any atom is 0.227 e. The Hall–Kier alpha value is -2.02. The van der Waals surface area contributed by atoms with Crippen LogP contribution in [0.15, 0.2) is 48.5 Å². The number of anilines is 1. The Balaban J connectivity index is 0.00000210. The predicted molar refractivity (Wildman–Crippen MR) is 119 cm³/mol. The summed E-state index contributed by atoms with van der Waals surface area (Å²) in [5.74, 6) is -0.0428. The molecule has 29 heavy (non-hydrogen) atoms.